The molecule has 7 heteroatoms. The Balaban J connectivity index is 1.35. The van der Waals surface area contributed by atoms with Crippen molar-refractivity contribution in [1.82, 2.24) is 19.9 Å². The predicted molar refractivity (Wildman–Crippen MR) is 93.1 cm³/mol. The van der Waals surface area contributed by atoms with Crippen molar-refractivity contribution in [3.05, 3.63) is 41.5 Å². The first-order chi connectivity index (χ1) is 12.2. The standard InChI is InChI=1S/C18H23N5O2/c1-13-19-17(21-25-13)12-22-8-10-23(11-9-22)16-7-6-14-4-2-3-5-15(14)20-18(16)24/h2-5,16H,6-12H2,1H3,(H,20,24). The zero-order valence-electron chi connectivity index (χ0n) is 14.4. The zero-order valence-corrected chi connectivity index (χ0v) is 14.4. The lowest BCUT2D eigenvalue weighted by atomic mass is 10.0. The average molecular weight is 341 g/mol. The molecule has 3 heterocycles. The molecule has 2 aliphatic heterocycles. The fourth-order valence-corrected chi connectivity index (χ4v) is 3.69. The van der Waals surface area contributed by atoms with E-state index in [-0.39, 0.29) is 11.9 Å². The van der Waals surface area contributed by atoms with E-state index in [1.165, 1.54) is 5.56 Å². The van der Waals surface area contributed by atoms with Gasteiger partial charge in [-0.15, -0.1) is 0 Å². The van der Waals surface area contributed by atoms with E-state index >= 15 is 0 Å². The molecule has 1 fully saturated rings. The van der Waals surface area contributed by atoms with E-state index in [0.29, 0.717) is 12.4 Å². The third kappa shape index (κ3) is 3.57. The van der Waals surface area contributed by atoms with Crippen molar-refractivity contribution in [1.29, 1.82) is 0 Å². The summed E-state index contributed by atoms with van der Waals surface area (Å²) in [5.41, 5.74) is 2.19. The van der Waals surface area contributed by atoms with Crippen molar-refractivity contribution in [2.75, 3.05) is 31.5 Å². The first-order valence-corrected chi connectivity index (χ1v) is 8.83. The Kier molecular flexibility index (Phi) is 4.50. The van der Waals surface area contributed by atoms with Crippen LogP contribution in [-0.2, 0) is 17.8 Å². The summed E-state index contributed by atoms with van der Waals surface area (Å²) in [5.74, 6) is 1.45. The summed E-state index contributed by atoms with van der Waals surface area (Å²) >= 11 is 0. The van der Waals surface area contributed by atoms with Crippen LogP contribution in [0.3, 0.4) is 0 Å². The number of hydrogen-bond donors (Lipinski definition) is 1. The van der Waals surface area contributed by atoms with Crippen LogP contribution < -0.4 is 5.32 Å². The molecule has 4 rings (SSSR count). The molecule has 132 valence electrons. The molecule has 0 spiro atoms. The lowest BCUT2D eigenvalue weighted by Gasteiger charge is -2.37. The minimum atomic E-state index is -0.0537. The molecule has 1 aromatic heterocycles. The smallest absolute Gasteiger partial charge is 0.241 e. The second-order valence-electron chi connectivity index (χ2n) is 6.74. The molecular formula is C18H23N5O2. The van der Waals surface area contributed by atoms with Crippen LogP contribution in [0.2, 0.25) is 0 Å². The number of para-hydroxylation sites is 1. The Bertz CT molecular complexity index is 751. The van der Waals surface area contributed by atoms with Gasteiger partial charge in [-0.05, 0) is 24.5 Å². The summed E-state index contributed by atoms with van der Waals surface area (Å²) < 4.78 is 5.03. The molecule has 0 bridgehead atoms. The largest absolute Gasteiger partial charge is 0.340 e. The van der Waals surface area contributed by atoms with E-state index in [0.717, 1.165) is 50.5 Å². The van der Waals surface area contributed by atoms with Gasteiger partial charge in [-0.1, -0.05) is 23.4 Å². The van der Waals surface area contributed by atoms with Gasteiger partial charge in [0, 0.05) is 38.8 Å². The van der Waals surface area contributed by atoms with Gasteiger partial charge >= 0.3 is 0 Å². The third-order valence-corrected chi connectivity index (χ3v) is 5.05. The summed E-state index contributed by atoms with van der Waals surface area (Å²) in [6, 6.07) is 8.03. The van der Waals surface area contributed by atoms with Crippen LogP contribution in [0.4, 0.5) is 5.69 Å². The highest BCUT2D eigenvalue weighted by molar-refractivity contribution is 5.96. The molecule has 1 N–H and O–H groups in total. The number of piperazine rings is 1. The van der Waals surface area contributed by atoms with Gasteiger partial charge in [0.05, 0.1) is 12.6 Å². The SMILES string of the molecule is Cc1nc(CN2CCN(C3CCc4ccccc4NC3=O)CC2)no1. The molecule has 1 unspecified atom stereocenters. The van der Waals surface area contributed by atoms with Crippen LogP contribution in [0, 0.1) is 6.92 Å². The summed E-state index contributed by atoms with van der Waals surface area (Å²) in [5, 5.41) is 7.06. The third-order valence-electron chi connectivity index (χ3n) is 5.05. The first kappa shape index (κ1) is 16.2. The molecule has 1 saturated heterocycles. The van der Waals surface area contributed by atoms with Gasteiger partial charge in [-0.25, -0.2) is 0 Å². The van der Waals surface area contributed by atoms with E-state index in [4.69, 9.17) is 4.52 Å². The quantitative estimate of drug-likeness (QED) is 0.911. The Morgan fingerprint density at radius 3 is 2.80 bits per heavy atom. The Hall–Kier alpha value is -2.25. The number of amides is 1. The molecule has 1 atom stereocenters. The minimum Gasteiger partial charge on any atom is -0.340 e. The maximum atomic E-state index is 12.7. The van der Waals surface area contributed by atoms with Crippen molar-refractivity contribution in [2.45, 2.75) is 32.4 Å². The molecule has 2 aliphatic rings. The molecule has 2 aromatic rings. The van der Waals surface area contributed by atoms with Gasteiger partial charge in [0.25, 0.3) is 0 Å². The number of nitrogens with one attached hydrogen (secondary N) is 1. The van der Waals surface area contributed by atoms with Crippen LogP contribution in [0.25, 0.3) is 0 Å². The molecule has 7 nitrogen and oxygen atoms in total. The number of hydrogen-bond acceptors (Lipinski definition) is 6. The van der Waals surface area contributed by atoms with Crippen molar-refractivity contribution < 1.29 is 9.32 Å². The minimum absolute atomic E-state index is 0.0537. The van der Waals surface area contributed by atoms with Gasteiger partial charge in [-0.3, -0.25) is 14.6 Å². The monoisotopic (exact) mass is 341 g/mol. The number of benzene rings is 1. The van der Waals surface area contributed by atoms with Crippen molar-refractivity contribution >= 4 is 11.6 Å². The van der Waals surface area contributed by atoms with Crippen molar-refractivity contribution in [3.8, 4) is 0 Å². The molecule has 1 amide bonds. The highest BCUT2D eigenvalue weighted by atomic mass is 16.5. The summed E-state index contributed by atoms with van der Waals surface area (Å²) in [6.07, 6.45) is 1.80. The lowest BCUT2D eigenvalue weighted by Crippen LogP contribution is -2.53. The van der Waals surface area contributed by atoms with Crippen molar-refractivity contribution in [3.63, 3.8) is 0 Å². The van der Waals surface area contributed by atoms with Gasteiger partial charge < -0.3 is 9.84 Å². The lowest BCUT2D eigenvalue weighted by molar-refractivity contribution is -0.122. The number of carbonyl (C=O) groups excluding carboxylic acids is 1. The van der Waals surface area contributed by atoms with Gasteiger partial charge in [0.2, 0.25) is 11.8 Å². The van der Waals surface area contributed by atoms with E-state index < -0.39 is 0 Å². The van der Waals surface area contributed by atoms with Crippen LogP contribution in [0.1, 0.15) is 23.7 Å². The van der Waals surface area contributed by atoms with E-state index in [2.05, 4.69) is 31.3 Å². The summed E-state index contributed by atoms with van der Waals surface area (Å²) in [6.45, 7) is 6.08. The number of aromatic nitrogens is 2. The Labute approximate surface area is 147 Å². The van der Waals surface area contributed by atoms with Crippen LogP contribution >= 0.6 is 0 Å². The van der Waals surface area contributed by atoms with E-state index in [1.54, 1.807) is 6.92 Å². The number of rotatable bonds is 3. The van der Waals surface area contributed by atoms with Crippen LogP contribution in [-0.4, -0.2) is 58.1 Å². The van der Waals surface area contributed by atoms with Gasteiger partial charge in [0.15, 0.2) is 5.82 Å². The molecule has 1 aromatic carbocycles. The molecule has 0 radical (unpaired) electrons. The summed E-state index contributed by atoms with van der Waals surface area (Å²) in [7, 11) is 0. The van der Waals surface area contributed by atoms with E-state index in [1.807, 2.05) is 18.2 Å². The maximum absolute atomic E-state index is 12.7. The highest BCUT2D eigenvalue weighted by Crippen LogP contribution is 2.24. The van der Waals surface area contributed by atoms with Gasteiger partial charge in [0.1, 0.15) is 0 Å². The van der Waals surface area contributed by atoms with Gasteiger partial charge in [-0.2, -0.15) is 4.98 Å². The fourth-order valence-electron chi connectivity index (χ4n) is 3.69. The Morgan fingerprint density at radius 2 is 2.04 bits per heavy atom. The summed E-state index contributed by atoms with van der Waals surface area (Å²) in [4.78, 5) is 21.5. The second-order valence-corrected chi connectivity index (χ2v) is 6.74. The topological polar surface area (TPSA) is 74.5 Å². The highest BCUT2D eigenvalue weighted by Gasteiger charge is 2.31. The normalized spacial score (nSPS) is 22.3. The Morgan fingerprint density at radius 1 is 1.24 bits per heavy atom. The average Bonchev–Trinajstić information content (AvgIpc) is 2.94. The van der Waals surface area contributed by atoms with Crippen LogP contribution in [0.15, 0.2) is 28.8 Å². The number of nitrogens with zero attached hydrogens (tertiary/aromatic N) is 4. The van der Waals surface area contributed by atoms with Crippen molar-refractivity contribution in [2.24, 2.45) is 0 Å². The fraction of sp³-hybridized carbons (Fsp3) is 0.500. The first-order valence-electron chi connectivity index (χ1n) is 8.83. The molecule has 0 saturated carbocycles. The molecule has 25 heavy (non-hydrogen) atoms. The van der Waals surface area contributed by atoms with E-state index in [9.17, 15) is 4.79 Å². The maximum Gasteiger partial charge on any atom is 0.241 e. The molecular weight excluding hydrogens is 318 g/mol. The number of anilines is 1. The number of aryl methyl sites for hydroxylation is 2. The zero-order chi connectivity index (χ0) is 17.2. The molecule has 0 aliphatic carbocycles. The predicted octanol–water partition coefficient (Wildman–Crippen LogP) is 1.45. The van der Waals surface area contributed by atoms with Crippen LogP contribution in [0.5, 0.6) is 0 Å². The second kappa shape index (κ2) is 6.93. The number of fused-ring (bicyclic) bond motifs is 1. The number of carbonyl (C=O) groups is 1.